The van der Waals surface area contributed by atoms with E-state index in [0.29, 0.717) is 18.7 Å². The number of unbranched alkanes of at least 4 members (excludes halogenated alkanes) is 1. The van der Waals surface area contributed by atoms with Crippen molar-refractivity contribution in [1.29, 1.82) is 0 Å². The van der Waals surface area contributed by atoms with Gasteiger partial charge < -0.3 is 25.6 Å². The van der Waals surface area contributed by atoms with Crippen LogP contribution in [0.15, 0.2) is 63.6 Å². The maximum absolute atomic E-state index is 13.2. The molecule has 0 spiro atoms. The summed E-state index contributed by atoms with van der Waals surface area (Å²) in [6.45, 7) is 6.99. The molecule has 1 amide bonds. The Morgan fingerprint density at radius 1 is 1.13 bits per heavy atom. The minimum atomic E-state index is -4.64. The highest BCUT2D eigenvalue weighted by Gasteiger charge is 2.32. The number of halogens is 3. The molecular formula is C27H32F3N3O5S. The van der Waals surface area contributed by atoms with E-state index in [-0.39, 0.29) is 28.6 Å². The van der Waals surface area contributed by atoms with Crippen LogP contribution in [0.2, 0.25) is 0 Å². The Labute approximate surface area is 229 Å². The number of carbonyl (C=O) groups excluding carboxylic acids is 1. The van der Waals surface area contributed by atoms with Crippen LogP contribution in [0.25, 0.3) is 0 Å². The number of thioether (sulfide) groups is 1. The normalized spacial score (nSPS) is 13.0. The molecule has 0 atom stereocenters. The standard InChI is InChI=1S/C27H32F3N3O5S/c1-6-7-12-38-24(33-18-8-10-21(11-9-18)39-26(3,4)25(35)36)16(2)22(31)23(34)32-19-13-17(27(28,29)30)14-20(15-19)37-5/h8-11,13-15H,6-7,12,31H2,1-5H3,(H,32,34)(H,35,36). The quantitative estimate of drug-likeness (QED) is 0.0946. The number of carbonyl (C=O) groups is 2. The maximum Gasteiger partial charge on any atom is 0.416 e. The molecule has 0 bridgehead atoms. The molecule has 0 aromatic heterocycles. The Morgan fingerprint density at radius 2 is 1.77 bits per heavy atom. The van der Waals surface area contributed by atoms with Gasteiger partial charge in [0.25, 0.3) is 5.91 Å². The summed E-state index contributed by atoms with van der Waals surface area (Å²) in [5.74, 6) is -1.80. The van der Waals surface area contributed by atoms with E-state index in [1.165, 1.54) is 31.9 Å². The van der Waals surface area contributed by atoms with Crippen LogP contribution in [-0.4, -0.2) is 41.3 Å². The van der Waals surface area contributed by atoms with Crippen LogP contribution < -0.4 is 15.8 Å². The van der Waals surface area contributed by atoms with Gasteiger partial charge in [-0.15, -0.1) is 11.8 Å². The number of nitrogens with zero attached hydrogens (tertiary/aromatic N) is 1. The van der Waals surface area contributed by atoms with Gasteiger partial charge in [0.15, 0.2) is 0 Å². The van der Waals surface area contributed by atoms with Crippen LogP contribution in [0.1, 0.15) is 46.1 Å². The van der Waals surface area contributed by atoms with Gasteiger partial charge in [0.1, 0.15) is 16.2 Å². The van der Waals surface area contributed by atoms with Crippen LogP contribution in [0.3, 0.4) is 0 Å². The molecule has 0 fully saturated rings. The summed E-state index contributed by atoms with van der Waals surface area (Å²) < 4.78 is 49.4. The highest BCUT2D eigenvalue weighted by Crippen LogP contribution is 2.35. The average Bonchev–Trinajstić information content (AvgIpc) is 2.87. The van der Waals surface area contributed by atoms with Gasteiger partial charge in [0.2, 0.25) is 5.90 Å². The first kappa shape index (κ1) is 31.5. The van der Waals surface area contributed by atoms with Crippen molar-refractivity contribution in [2.75, 3.05) is 19.0 Å². The first-order valence-corrected chi connectivity index (χ1v) is 12.8. The highest BCUT2D eigenvalue weighted by molar-refractivity contribution is 8.01. The zero-order chi connectivity index (χ0) is 29.4. The lowest BCUT2D eigenvalue weighted by molar-refractivity contribution is -0.139. The highest BCUT2D eigenvalue weighted by atomic mass is 32.2. The molecule has 2 rings (SSSR count). The average molecular weight is 568 g/mol. The largest absolute Gasteiger partial charge is 0.497 e. The molecule has 0 aliphatic rings. The second-order valence-corrected chi connectivity index (χ2v) is 10.7. The number of hydrogen-bond donors (Lipinski definition) is 3. The minimum absolute atomic E-state index is 0.0731. The molecule has 0 aliphatic heterocycles. The van der Waals surface area contributed by atoms with E-state index < -0.39 is 28.4 Å². The van der Waals surface area contributed by atoms with Crippen molar-refractivity contribution < 1.29 is 37.3 Å². The molecule has 0 saturated heterocycles. The number of benzene rings is 2. The Hall–Kier alpha value is -3.67. The van der Waals surface area contributed by atoms with E-state index in [0.717, 1.165) is 23.4 Å². The van der Waals surface area contributed by atoms with E-state index >= 15 is 0 Å². The molecule has 0 unspecified atom stereocenters. The number of nitrogens with one attached hydrogen (secondary N) is 1. The van der Waals surface area contributed by atoms with Crippen LogP contribution in [-0.2, 0) is 20.5 Å². The van der Waals surface area contributed by atoms with Gasteiger partial charge in [-0.3, -0.25) is 9.59 Å². The van der Waals surface area contributed by atoms with E-state index in [1.54, 1.807) is 38.1 Å². The van der Waals surface area contributed by atoms with Crippen LogP contribution in [0.4, 0.5) is 24.5 Å². The molecule has 0 saturated carbocycles. The van der Waals surface area contributed by atoms with Crippen molar-refractivity contribution in [2.45, 2.75) is 56.4 Å². The molecule has 2 aromatic rings. The number of aliphatic carboxylic acids is 1. The molecule has 12 heteroatoms. The summed E-state index contributed by atoms with van der Waals surface area (Å²) in [6, 6.07) is 9.61. The number of anilines is 1. The fraction of sp³-hybridized carbons (Fsp3) is 0.370. The van der Waals surface area contributed by atoms with Gasteiger partial charge in [-0.25, -0.2) is 4.99 Å². The van der Waals surface area contributed by atoms with Gasteiger partial charge in [0, 0.05) is 22.2 Å². The molecule has 0 heterocycles. The predicted molar refractivity (Wildman–Crippen MR) is 145 cm³/mol. The Kier molecular flexibility index (Phi) is 10.8. The Balaban J connectivity index is 2.36. The van der Waals surface area contributed by atoms with Crippen molar-refractivity contribution in [1.82, 2.24) is 0 Å². The molecule has 8 nitrogen and oxygen atoms in total. The van der Waals surface area contributed by atoms with Crippen molar-refractivity contribution in [3.05, 3.63) is 59.3 Å². The molecular weight excluding hydrogens is 535 g/mol. The number of aliphatic imine (C=N–C) groups is 1. The number of carboxylic acid groups (broad SMARTS) is 1. The fourth-order valence-corrected chi connectivity index (χ4v) is 3.97. The van der Waals surface area contributed by atoms with E-state index in [9.17, 15) is 27.9 Å². The molecule has 4 N–H and O–H groups in total. The number of ether oxygens (including phenoxy) is 2. The van der Waals surface area contributed by atoms with E-state index in [1.807, 2.05) is 6.92 Å². The van der Waals surface area contributed by atoms with Gasteiger partial charge in [-0.05, 0) is 63.6 Å². The lowest BCUT2D eigenvalue weighted by Crippen LogP contribution is -2.26. The van der Waals surface area contributed by atoms with Gasteiger partial charge in [-0.2, -0.15) is 13.2 Å². The van der Waals surface area contributed by atoms with Crippen LogP contribution in [0.5, 0.6) is 5.75 Å². The topological polar surface area (TPSA) is 123 Å². The molecule has 0 aliphatic carbocycles. The SMILES string of the molecule is CCCCOC(=Nc1ccc(SC(C)(C)C(=O)O)cc1)C(C)=C(N)C(=O)Nc1cc(OC)cc(C(F)(F)F)c1. The van der Waals surface area contributed by atoms with Gasteiger partial charge in [0.05, 0.1) is 25.0 Å². The number of alkyl halides is 3. The summed E-state index contributed by atoms with van der Waals surface area (Å²) in [5.41, 5.74) is 5.30. The molecule has 0 radical (unpaired) electrons. The predicted octanol–water partition coefficient (Wildman–Crippen LogP) is 6.39. The fourth-order valence-electron chi connectivity index (χ4n) is 3.02. The lowest BCUT2D eigenvalue weighted by Gasteiger charge is -2.18. The Bertz CT molecular complexity index is 1240. The second-order valence-electron chi connectivity index (χ2n) is 8.97. The summed E-state index contributed by atoms with van der Waals surface area (Å²) in [7, 11) is 1.22. The van der Waals surface area contributed by atoms with Gasteiger partial charge >= 0.3 is 12.1 Å². The van der Waals surface area contributed by atoms with E-state index in [4.69, 9.17) is 15.2 Å². The number of amides is 1. The number of hydrogen-bond acceptors (Lipinski definition) is 7. The summed E-state index contributed by atoms with van der Waals surface area (Å²) in [5, 5.41) is 11.7. The van der Waals surface area contributed by atoms with Crippen molar-refractivity contribution in [2.24, 2.45) is 10.7 Å². The van der Waals surface area contributed by atoms with Crippen molar-refractivity contribution >= 4 is 40.9 Å². The Morgan fingerprint density at radius 3 is 2.31 bits per heavy atom. The number of carboxylic acids is 1. The summed E-state index contributed by atoms with van der Waals surface area (Å²) in [4.78, 5) is 29.4. The smallest absolute Gasteiger partial charge is 0.416 e. The third-order valence-electron chi connectivity index (χ3n) is 5.39. The second kappa shape index (κ2) is 13.4. The van der Waals surface area contributed by atoms with Crippen LogP contribution in [0, 0.1) is 0 Å². The van der Waals surface area contributed by atoms with Gasteiger partial charge in [-0.1, -0.05) is 13.3 Å². The van der Waals surface area contributed by atoms with Crippen molar-refractivity contribution in [3.8, 4) is 5.75 Å². The maximum atomic E-state index is 13.2. The summed E-state index contributed by atoms with van der Waals surface area (Å²) >= 11 is 1.18. The zero-order valence-corrected chi connectivity index (χ0v) is 23.1. The minimum Gasteiger partial charge on any atom is -0.497 e. The monoisotopic (exact) mass is 567 g/mol. The zero-order valence-electron chi connectivity index (χ0n) is 22.3. The third-order valence-corrected chi connectivity index (χ3v) is 6.58. The third kappa shape index (κ3) is 9.24. The van der Waals surface area contributed by atoms with Crippen LogP contribution >= 0.6 is 11.8 Å². The van der Waals surface area contributed by atoms with E-state index in [2.05, 4.69) is 10.3 Å². The molecule has 39 heavy (non-hydrogen) atoms. The number of nitrogens with two attached hydrogens (primary N) is 1. The molecule has 212 valence electrons. The number of methoxy groups -OCH3 is 1. The number of rotatable bonds is 11. The summed E-state index contributed by atoms with van der Waals surface area (Å²) in [6.07, 6.45) is -3.09. The lowest BCUT2D eigenvalue weighted by atomic mass is 10.1. The first-order chi connectivity index (χ1) is 18.2. The molecule has 2 aromatic carbocycles. The van der Waals surface area contributed by atoms with Crippen molar-refractivity contribution in [3.63, 3.8) is 0 Å². The first-order valence-electron chi connectivity index (χ1n) is 12.0.